The van der Waals surface area contributed by atoms with Crippen molar-refractivity contribution in [2.24, 2.45) is 0 Å². The molecule has 0 amide bonds. The molecule has 0 aromatic heterocycles. The Morgan fingerprint density at radius 1 is 0.378 bits per heavy atom. The van der Waals surface area contributed by atoms with Gasteiger partial charge < -0.3 is 19.6 Å². The number of hydrogen-bond acceptors (Lipinski definition) is 2. The van der Waals surface area contributed by atoms with Crippen LogP contribution in [0.25, 0.3) is 0 Å². The van der Waals surface area contributed by atoms with Gasteiger partial charge in [0.15, 0.2) is 0 Å². The molecule has 0 aliphatic rings. The van der Waals surface area contributed by atoms with Gasteiger partial charge in [0.2, 0.25) is 0 Å². The monoisotopic (exact) mass is 549 g/mol. The summed E-state index contributed by atoms with van der Waals surface area (Å²) in [6.07, 6.45) is 36.2. The molecule has 0 aromatic carbocycles. The number of unbranched alkanes of at least 4 members (excludes halogenated alkanes) is 22. The van der Waals surface area contributed by atoms with E-state index in [0.717, 1.165) is 0 Å². The minimum absolute atomic E-state index is 1.36. The molecule has 0 saturated heterocycles. The quantitative estimate of drug-likeness (QED) is 0.0668. The molecule has 37 heavy (non-hydrogen) atoms. The van der Waals surface area contributed by atoms with Crippen molar-refractivity contribution < 1.29 is 19.2 Å². The summed E-state index contributed by atoms with van der Waals surface area (Å²) >= 11 is 0. The molecule has 0 aromatic rings. The standard InChI is InChI=1S/C31H65N.H3O4P/c1-4-7-10-13-16-17-18-19-20-21-22-25-28-31-32(29-26-23-14-11-8-5-2)30-27-24-15-12-9-6-3;1-5(2,3)4/h4-31H2,1-3H3;(H3,1,2,3,4). The van der Waals surface area contributed by atoms with E-state index in [1.165, 1.54) is 180 Å². The van der Waals surface area contributed by atoms with Crippen LogP contribution >= 0.6 is 7.82 Å². The molecule has 0 atom stereocenters. The van der Waals surface area contributed by atoms with Crippen LogP contribution in [0.3, 0.4) is 0 Å². The minimum atomic E-state index is -4.64. The highest BCUT2D eigenvalue weighted by Crippen LogP contribution is 2.25. The van der Waals surface area contributed by atoms with Crippen molar-refractivity contribution in [1.82, 2.24) is 4.90 Å². The Kier molecular flexibility index (Phi) is 34.2. The fraction of sp³-hybridized carbons (Fsp3) is 1.00. The van der Waals surface area contributed by atoms with E-state index in [-0.39, 0.29) is 0 Å². The third kappa shape index (κ3) is 43.4. The van der Waals surface area contributed by atoms with E-state index in [2.05, 4.69) is 25.7 Å². The van der Waals surface area contributed by atoms with E-state index in [1.54, 1.807) is 0 Å². The molecule has 0 saturated carbocycles. The van der Waals surface area contributed by atoms with Crippen LogP contribution in [0.4, 0.5) is 0 Å². The Bertz CT molecular complexity index is 434. The molecule has 0 unspecified atom stereocenters. The second kappa shape index (κ2) is 32.3. The first-order chi connectivity index (χ1) is 17.8. The lowest BCUT2D eigenvalue weighted by molar-refractivity contribution is 0.254. The second-order valence-corrected chi connectivity index (χ2v) is 12.2. The van der Waals surface area contributed by atoms with Crippen LogP contribution < -0.4 is 0 Å². The van der Waals surface area contributed by atoms with Crippen molar-refractivity contribution in [3.63, 3.8) is 0 Å². The molecule has 5 nitrogen and oxygen atoms in total. The Morgan fingerprint density at radius 3 is 0.730 bits per heavy atom. The normalized spacial score (nSPS) is 11.6. The second-order valence-electron chi connectivity index (χ2n) is 11.1. The third-order valence-corrected chi connectivity index (χ3v) is 7.23. The van der Waals surface area contributed by atoms with Crippen molar-refractivity contribution in [3.05, 3.63) is 0 Å². The molecule has 3 N–H and O–H groups in total. The van der Waals surface area contributed by atoms with Gasteiger partial charge in [0, 0.05) is 0 Å². The minimum Gasteiger partial charge on any atom is -0.303 e. The smallest absolute Gasteiger partial charge is 0.303 e. The molecule has 0 fully saturated rings. The molecule has 6 heteroatoms. The van der Waals surface area contributed by atoms with Gasteiger partial charge in [-0.15, -0.1) is 0 Å². The van der Waals surface area contributed by atoms with Gasteiger partial charge in [-0.25, -0.2) is 4.57 Å². The SMILES string of the molecule is CCCCCCCCCCCCCCCN(CCCCCCCC)CCCCCCCC.O=P(O)(O)O. The number of nitrogens with zero attached hydrogens (tertiary/aromatic N) is 1. The Balaban J connectivity index is 0. The van der Waals surface area contributed by atoms with E-state index in [9.17, 15) is 0 Å². The molecule has 0 heterocycles. The maximum Gasteiger partial charge on any atom is 0.466 e. The van der Waals surface area contributed by atoms with E-state index in [1.807, 2.05) is 0 Å². The van der Waals surface area contributed by atoms with Crippen molar-refractivity contribution in [2.45, 2.75) is 181 Å². The molecule has 226 valence electrons. The highest BCUT2D eigenvalue weighted by molar-refractivity contribution is 7.45. The first-order valence-corrected chi connectivity index (χ1v) is 17.9. The lowest BCUT2D eigenvalue weighted by Gasteiger charge is -2.22. The van der Waals surface area contributed by atoms with E-state index in [4.69, 9.17) is 19.2 Å². The van der Waals surface area contributed by atoms with Gasteiger partial charge in [-0.05, 0) is 38.9 Å². The van der Waals surface area contributed by atoms with Gasteiger partial charge in [0.1, 0.15) is 0 Å². The molecule has 0 rings (SSSR count). The summed E-state index contributed by atoms with van der Waals surface area (Å²) in [5.74, 6) is 0. The van der Waals surface area contributed by atoms with Crippen LogP contribution in [0.5, 0.6) is 0 Å². The van der Waals surface area contributed by atoms with Crippen LogP contribution in [-0.4, -0.2) is 39.2 Å². The first kappa shape index (κ1) is 39.2. The molecule has 0 aliphatic heterocycles. The van der Waals surface area contributed by atoms with Crippen molar-refractivity contribution >= 4 is 7.82 Å². The average molecular weight is 550 g/mol. The number of phosphoric acid groups is 1. The Morgan fingerprint density at radius 2 is 0.541 bits per heavy atom. The van der Waals surface area contributed by atoms with E-state index in [0.29, 0.717) is 0 Å². The van der Waals surface area contributed by atoms with Crippen LogP contribution in [-0.2, 0) is 4.57 Å². The highest BCUT2D eigenvalue weighted by atomic mass is 31.2. The van der Waals surface area contributed by atoms with Crippen LogP contribution in [0.2, 0.25) is 0 Å². The summed E-state index contributed by atoms with van der Waals surface area (Å²) < 4.78 is 8.88. The zero-order chi connectivity index (χ0) is 27.9. The molecule has 0 spiro atoms. The van der Waals surface area contributed by atoms with E-state index < -0.39 is 7.82 Å². The summed E-state index contributed by atoms with van der Waals surface area (Å²) in [7, 11) is -4.64. The topological polar surface area (TPSA) is 81.0 Å². The fourth-order valence-electron chi connectivity index (χ4n) is 4.92. The molecular weight excluding hydrogens is 481 g/mol. The van der Waals surface area contributed by atoms with Crippen molar-refractivity contribution in [1.29, 1.82) is 0 Å². The summed E-state index contributed by atoms with van der Waals surface area (Å²) in [4.78, 5) is 24.4. The Labute approximate surface area is 232 Å². The summed E-state index contributed by atoms with van der Waals surface area (Å²) in [5.41, 5.74) is 0. The largest absolute Gasteiger partial charge is 0.466 e. The van der Waals surface area contributed by atoms with Crippen molar-refractivity contribution in [3.8, 4) is 0 Å². The van der Waals surface area contributed by atoms with Crippen molar-refractivity contribution in [2.75, 3.05) is 19.6 Å². The van der Waals surface area contributed by atoms with Gasteiger partial charge >= 0.3 is 7.82 Å². The van der Waals surface area contributed by atoms with Gasteiger partial charge in [-0.3, -0.25) is 0 Å². The predicted molar refractivity (Wildman–Crippen MR) is 163 cm³/mol. The van der Waals surface area contributed by atoms with Gasteiger partial charge in [0.05, 0.1) is 0 Å². The van der Waals surface area contributed by atoms with Crippen LogP contribution in [0.1, 0.15) is 181 Å². The summed E-state index contributed by atoms with van der Waals surface area (Å²) in [6, 6.07) is 0. The Hall–Kier alpha value is 0.0700. The fourth-order valence-corrected chi connectivity index (χ4v) is 4.92. The highest BCUT2D eigenvalue weighted by Gasteiger charge is 2.05. The molecule has 0 bridgehead atoms. The maximum absolute atomic E-state index is 8.88. The summed E-state index contributed by atoms with van der Waals surface area (Å²) in [6.45, 7) is 11.0. The van der Waals surface area contributed by atoms with Gasteiger partial charge in [-0.1, -0.05) is 162 Å². The maximum atomic E-state index is 8.88. The van der Waals surface area contributed by atoms with Crippen LogP contribution in [0.15, 0.2) is 0 Å². The van der Waals surface area contributed by atoms with E-state index >= 15 is 0 Å². The predicted octanol–water partition coefficient (Wildman–Crippen LogP) is 10.2. The molecule has 0 aliphatic carbocycles. The number of hydrogen-bond donors (Lipinski definition) is 3. The lowest BCUT2D eigenvalue weighted by atomic mass is 10.0. The zero-order valence-electron chi connectivity index (χ0n) is 25.4. The molecule has 0 radical (unpaired) electrons. The van der Waals surface area contributed by atoms with Gasteiger partial charge in [-0.2, -0.15) is 0 Å². The third-order valence-electron chi connectivity index (χ3n) is 7.23. The number of rotatable bonds is 28. The summed E-state index contributed by atoms with van der Waals surface area (Å²) in [5, 5.41) is 0. The zero-order valence-corrected chi connectivity index (χ0v) is 26.3. The van der Waals surface area contributed by atoms with Gasteiger partial charge in [0.25, 0.3) is 0 Å². The first-order valence-electron chi connectivity index (χ1n) is 16.4. The van der Waals surface area contributed by atoms with Crippen LogP contribution in [0, 0.1) is 0 Å². The molecular formula is C31H68NO4P. The lowest BCUT2D eigenvalue weighted by Crippen LogP contribution is -2.27. The average Bonchev–Trinajstić information content (AvgIpc) is 2.84.